The van der Waals surface area contributed by atoms with Crippen LogP contribution in [0.1, 0.15) is 32.1 Å². The molecule has 30 heavy (non-hydrogen) atoms. The lowest BCUT2D eigenvalue weighted by Crippen LogP contribution is -2.47. The van der Waals surface area contributed by atoms with E-state index in [-0.39, 0.29) is 29.7 Å². The third kappa shape index (κ3) is 5.30. The summed E-state index contributed by atoms with van der Waals surface area (Å²) < 4.78 is 91.8. The van der Waals surface area contributed by atoms with E-state index in [9.17, 15) is 35.6 Å². The maximum absolute atomic E-state index is 13.3. The van der Waals surface area contributed by atoms with E-state index in [2.05, 4.69) is 6.58 Å². The Morgan fingerprint density at radius 3 is 2.23 bits per heavy atom. The highest BCUT2D eigenvalue weighted by Crippen LogP contribution is 2.51. The number of carboxylic acids is 1. The fourth-order valence-electron chi connectivity index (χ4n) is 3.97. The van der Waals surface area contributed by atoms with Gasteiger partial charge in [-0.3, -0.25) is 9.35 Å². The molecule has 172 valence electrons. The summed E-state index contributed by atoms with van der Waals surface area (Å²) in [4.78, 5) is 22.9. The van der Waals surface area contributed by atoms with Crippen LogP contribution >= 0.6 is 0 Å². The molecular formula is C17H22F4O8S. The first-order chi connectivity index (χ1) is 13.7. The van der Waals surface area contributed by atoms with Gasteiger partial charge in [0, 0.05) is 12.8 Å². The molecule has 0 amide bonds. The van der Waals surface area contributed by atoms with Gasteiger partial charge in [0.1, 0.15) is 6.10 Å². The number of hydrogen-bond acceptors (Lipinski definition) is 6. The lowest BCUT2D eigenvalue weighted by molar-refractivity contribution is -0.170. The number of carbonyl (C=O) groups is 2. The highest BCUT2D eigenvalue weighted by atomic mass is 32.2. The molecule has 4 unspecified atom stereocenters. The average Bonchev–Trinajstić information content (AvgIpc) is 3.16. The summed E-state index contributed by atoms with van der Waals surface area (Å²) in [6, 6.07) is 0. The van der Waals surface area contributed by atoms with Gasteiger partial charge in [-0.2, -0.15) is 26.0 Å². The number of esters is 1. The lowest BCUT2D eigenvalue weighted by Gasteiger charge is -2.27. The van der Waals surface area contributed by atoms with Crippen molar-refractivity contribution in [2.45, 2.75) is 49.4 Å². The molecular weight excluding hydrogens is 440 g/mol. The summed E-state index contributed by atoms with van der Waals surface area (Å²) in [5.74, 6) is -6.61. The van der Waals surface area contributed by atoms with Crippen molar-refractivity contribution in [3.63, 3.8) is 0 Å². The molecule has 0 aromatic carbocycles. The van der Waals surface area contributed by atoms with Gasteiger partial charge >= 0.3 is 33.2 Å². The smallest absolute Gasteiger partial charge is 0.431 e. The predicted octanol–water partition coefficient (Wildman–Crippen LogP) is 2.50. The van der Waals surface area contributed by atoms with Crippen LogP contribution < -0.4 is 0 Å². The molecule has 2 rings (SSSR count). The van der Waals surface area contributed by atoms with Crippen molar-refractivity contribution >= 4 is 22.1 Å². The van der Waals surface area contributed by atoms with E-state index in [1.165, 1.54) is 0 Å². The molecule has 2 bridgehead atoms. The van der Waals surface area contributed by atoms with Crippen molar-refractivity contribution in [3.8, 4) is 0 Å². The number of rotatable bonds is 11. The minimum absolute atomic E-state index is 0.0263. The molecule has 0 saturated heterocycles. The average molecular weight is 462 g/mol. The van der Waals surface area contributed by atoms with E-state index < -0.39 is 59.0 Å². The van der Waals surface area contributed by atoms with Crippen LogP contribution in [0.4, 0.5) is 17.6 Å². The number of ether oxygens (including phenoxy) is 2. The summed E-state index contributed by atoms with van der Waals surface area (Å²) in [6.07, 6.45) is -0.199. The van der Waals surface area contributed by atoms with Crippen LogP contribution in [0.3, 0.4) is 0 Å². The van der Waals surface area contributed by atoms with Crippen molar-refractivity contribution in [2.24, 2.45) is 17.8 Å². The van der Waals surface area contributed by atoms with Gasteiger partial charge in [0.2, 0.25) is 0 Å². The quantitative estimate of drug-likeness (QED) is 0.158. The fourth-order valence-corrected chi connectivity index (χ4v) is 4.45. The highest BCUT2D eigenvalue weighted by Gasteiger charge is 2.65. The molecule has 0 heterocycles. The van der Waals surface area contributed by atoms with Gasteiger partial charge in [0.05, 0.1) is 18.8 Å². The van der Waals surface area contributed by atoms with E-state index in [4.69, 9.17) is 19.1 Å². The Morgan fingerprint density at radius 2 is 1.73 bits per heavy atom. The molecule has 4 atom stereocenters. The Morgan fingerprint density at radius 1 is 1.10 bits per heavy atom. The van der Waals surface area contributed by atoms with Gasteiger partial charge in [0.25, 0.3) is 0 Å². The molecule has 0 aliphatic heterocycles. The van der Waals surface area contributed by atoms with Crippen LogP contribution in [0, 0.1) is 17.8 Å². The highest BCUT2D eigenvalue weighted by molar-refractivity contribution is 7.87. The summed E-state index contributed by atoms with van der Waals surface area (Å²) in [6.45, 7) is 1.75. The Labute approximate surface area is 170 Å². The van der Waals surface area contributed by atoms with E-state index in [0.29, 0.717) is 12.8 Å². The van der Waals surface area contributed by atoms with Crippen molar-refractivity contribution < 1.29 is 54.7 Å². The Hall–Kier alpha value is -1.73. The van der Waals surface area contributed by atoms with Gasteiger partial charge in [-0.25, -0.2) is 4.79 Å². The molecule has 2 saturated carbocycles. The first-order valence-corrected chi connectivity index (χ1v) is 10.5. The van der Waals surface area contributed by atoms with Crippen LogP contribution in [0.5, 0.6) is 0 Å². The first-order valence-electron chi connectivity index (χ1n) is 9.06. The fraction of sp³-hybridized carbons (Fsp3) is 0.765. The Bertz CT molecular complexity index is 798. The number of hydrogen-bond donors (Lipinski definition) is 2. The topological polar surface area (TPSA) is 127 Å². The zero-order valence-electron chi connectivity index (χ0n) is 15.7. The number of carbonyl (C=O) groups excluding carboxylic acids is 1. The van der Waals surface area contributed by atoms with Crippen LogP contribution in [0.15, 0.2) is 12.2 Å². The van der Waals surface area contributed by atoms with Crippen molar-refractivity contribution in [3.05, 3.63) is 12.2 Å². The van der Waals surface area contributed by atoms with Crippen molar-refractivity contribution in [2.75, 3.05) is 13.2 Å². The first kappa shape index (κ1) is 24.5. The maximum atomic E-state index is 13.3. The van der Waals surface area contributed by atoms with Crippen LogP contribution in [0.2, 0.25) is 0 Å². The molecule has 0 aromatic rings. The van der Waals surface area contributed by atoms with Crippen LogP contribution in [0.25, 0.3) is 0 Å². The van der Waals surface area contributed by atoms with Gasteiger partial charge in [-0.15, -0.1) is 0 Å². The second-order valence-corrected chi connectivity index (χ2v) is 9.09. The van der Waals surface area contributed by atoms with Gasteiger partial charge < -0.3 is 14.6 Å². The lowest BCUT2D eigenvalue weighted by atomic mass is 9.85. The second-order valence-electron chi connectivity index (χ2n) is 7.63. The van der Waals surface area contributed by atoms with E-state index in [1.807, 2.05) is 0 Å². The Kier molecular flexibility index (Phi) is 7.19. The maximum Gasteiger partial charge on any atom is 0.431 e. The molecule has 2 aliphatic rings. The Balaban J connectivity index is 1.74. The van der Waals surface area contributed by atoms with Gasteiger partial charge in [-0.1, -0.05) is 6.58 Å². The van der Waals surface area contributed by atoms with E-state index >= 15 is 0 Å². The largest absolute Gasteiger partial charge is 0.481 e. The molecule has 13 heteroatoms. The molecule has 0 spiro atoms. The minimum Gasteiger partial charge on any atom is -0.481 e. The zero-order valence-corrected chi connectivity index (χ0v) is 16.5. The molecule has 0 radical (unpaired) electrons. The monoisotopic (exact) mass is 462 g/mol. The predicted molar refractivity (Wildman–Crippen MR) is 92.5 cm³/mol. The number of fused-ring (bicyclic) bond motifs is 2. The van der Waals surface area contributed by atoms with Crippen molar-refractivity contribution in [1.82, 2.24) is 0 Å². The summed E-state index contributed by atoms with van der Waals surface area (Å²) in [7, 11) is -6.32. The van der Waals surface area contributed by atoms with Crippen LogP contribution in [-0.4, -0.2) is 60.5 Å². The molecule has 2 fully saturated rings. The second kappa shape index (κ2) is 8.79. The third-order valence-electron chi connectivity index (χ3n) is 5.51. The van der Waals surface area contributed by atoms with E-state index in [0.717, 1.165) is 6.42 Å². The van der Waals surface area contributed by atoms with Gasteiger partial charge in [-0.05, 0) is 37.0 Å². The third-order valence-corrected chi connectivity index (χ3v) is 6.46. The molecule has 2 aliphatic carbocycles. The molecule has 2 N–H and O–H groups in total. The van der Waals surface area contributed by atoms with Gasteiger partial charge in [0.15, 0.2) is 0 Å². The number of carboxylic acid groups (broad SMARTS) is 1. The normalized spacial score (nSPS) is 26.6. The SMILES string of the molecule is C=C(COCCC(F)(F)C(F)(F)S(=O)(=O)O)C(=O)OC1CC2CC1CC2CC(=O)O. The minimum atomic E-state index is -6.32. The summed E-state index contributed by atoms with van der Waals surface area (Å²) >= 11 is 0. The summed E-state index contributed by atoms with van der Waals surface area (Å²) in [5, 5.41) is 3.20. The molecule has 8 nitrogen and oxygen atoms in total. The van der Waals surface area contributed by atoms with Crippen molar-refractivity contribution in [1.29, 1.82) is 0 Å². The zero-order chi connectivity index (χ0) is 22.9. The molecule has 0 aromatic heterocycles. The van der Waals surface area contributed by atoms with Crippen LogP contribution in [-0.2, 0) is 29.2 Å². The number of alkyl halides is 4. The standard InChI is InChI=1S/C17H22F4O8S/c1-9(8-28-3-2-16(18,19)17(20,21)30(25,26)27)15(24)29-13-6-10-4-12(13)5-11(10)7-14(22)23/h10-13H,1-8H2,(H,22,23)(H,25,26,27). The number of halogens is 4. The number of aliphatic carboxylic acids is 1. The summed E-state index contributed by atoms with van der Waals surface area (Å²) in [5.41, 5.74) is -0.246. The van der Waals surface area contributed by atoms with E-state index in [1.54, 1.807) is 0 Å².